The number of aromatic nitrogens is 1. The molecule has 2 aromatic heterocycles. The second kappa shape index (κ2) is 5.63. The fourth-order valence-corrected chi connectivity index (χ4v) is 3.30. The molecule has 2 N–H and O–H groups in total. The van der Waals surface area contributed by atoms with E-state index in [4.69, 9.17) is 5.73 Å². The minimum Gasteiger partial charge on any atom is -0.383 e. The fraction of sp³-hybridized carbons (Fsp3) is 0.111. The second-order valence-electron chi connectivity index (χ2n) is 5.21. The molecule has 0 fully saturated rings. The van der Waals surface area contributed by atoms with Crippen LogP contribution in [-0.4, -0.2) is 4.98 Å². The number of nitriles is 1. The standard InChI is InChI=1S/C18H15N3S/c1-11-4-3-5-13(8-11)16-9-14(15(10-19)18(20)21-16)17-7-6-12(2)22-17/h3-9H,1-2H3,(H2,20,21). The van der Waals surface area contributed by atoms with Crippen LogP contribution in [0.2, 0.25) is 0 Å². The quantitative estimate of drug-likeness (QED) is 0.755. The lowest BCUT2D eigenvalue weighted by Crippen LogP contribution is -1.99. The van der Waals surface area contributed by atoms with Gasteiger partial charge in [0, 0.05) is 20.9 Å². The summed E-state index contributed by atoms with van der Waals surface area (Å²) in [6.45, 7) is 4.09. The van der Waals surface area contributed by atoms with Crippen molar-refractivity contribution in [2.45, 2.75) is 13.8 Å². The summed E-state index contributed by atoms with van der Waals surface area (Å²) in [6, 6.07) is 16.3. The molecular weight excluding hydrogens is 290 g/mol. The van der Waals surface area contributed by atoms with Crippen LogP contribution < -0.4 is 5.73 Å². The maximum Gasteiger partial charge on any atom is 0.142 e. The summed E-state index contributed by atoms with van der Waals surface area (Å²) in [5.41, 5.74) is 10.3. The van der Waals surface area contributed by atoms with Gasteiger partial charge in [0.05, 0.1) is 5.69 Å². The molecule has 0 bridgehead atoms. The number of nitrogens with two attached hydrogens (primary N) is 1. The van der Waals surface area contributed by atoms with E-state index < -0.39 is 0 Å². The average molecular weight is 305 g/mol. The van der Waals surface area contributed by atoms with Gasteiger partial charge in [-0.05, 0) is 38.1 Å². The van der Waals surface area contributed by atoms with Gasteiger partial charge in [-0.1, -0.05) is 23.8 Å². The Balaban J connectivity index is 2.23. The van der Waals surface area contributed by atoms with Crippen molar-refractivity contribution in [3.8, 4) is 27.8 Å². The van der Waals surface area contributed by atoms with E-state index in [1.54, 1.807) is 11.3 Å². The zero-order valence-electron chi connectivity index (χ0n) is 12.4. The van der Waals surface area contributed by atoms with Crippen LogP contribution in [0.1, 0.15) is 16.0 Å². The summed E-state index contributed by atoms with van der Waals surface area (Å²) in [7, 11) is 0. The first-order valence-electron chi connectivity index (χ1n) is 6.93. The number of hydrogen-bond acceptors (Lipinski definition) is 4. The molecule has 22 heavy (non-hydrogen) atoms. The topological polar surface area (TPSA) is 62.7 Å². The Labute approximate surface area is 133 Å². The van der Waals surface area contributed by atoms with E-state index in [-0.39, 0.29) is 5.82 Å². The third kappa shape index (κ3) is 2.59. The third-order valence-electron chi connectivity index (χ3n) is 3.48. The molecule has 108 valence electrons. The summed E-state index contributed by atoms with van der Waals surface area (Å²) < 4.78 is 0. The van der Waals surface area contributed by atoms with E-state index in [9.17, 15) is 5.26 Å². The molecule has 3 aromatic rings. The zero-order chi connectivity index (χ0) is 15.7. The highest BCUT2D eigenvalue weighted by Gasteiger charge is 2.14. The minimum atomic E-state index is 0.280. The van der Waals surface area contributed by atoms with E-state index in [0.717, 1.165) is 27.3 Å². The molecule has 1 aromatic carbocycles. The molecular formula is C18H15N3S. The molecule has 0 saturated carbocycles. The summed E-state index contributed by atoms with van der Waals surface area (Å²) >= 11 is 1.65. The number of nitrogen functional groups attached to an aromatic ring is 1. The van der Waals surface area contributed by atoms with Gasteiger partial charge in [-0.25, -0.2) is 4.98 Å². The highest BCUT2D eigenvalue weighted by molar-refractivity contribution is 7.15. The van der Waals surface area contributed by atoms with Crippen molar-refractivity contribution in [3.05, 3.63) is 58.5 Å². The molecule has 3 rings (SSSR count). The van der Waals surface area contributed by atoms with Gasteiger partial charge in [-0.15, -0.1) is 11.3 Å². The lowest BCUT2D eigenvalue weighted by molar-refractivity contribution is 1.31. The molecule has 0 aliphatic rings. The van der Waals surface area contributed by atoms with Crippen LogP contribution >= 0.6 is 11.3 Å². The van der Waals surface area contributed by atoms with Crippen molar-refractivity contribution in [3.63, 3.8) is 0 Å². The van der Waals surface area contributed by atoms with E-state index in [1.807, 2.05) is 50.2 Å². The van der Waals surface area contributed by atoms with E-state index in [2.05, 4.69) is 17.1 Å². The SMILES string of the molecule is Cc1cccc(-c2cc(-c3ccc(C)s3)c(C#N)c(N)n2)c1. The van der Waals surface area contributed by atoms with Crippen LogP contribution in [0.4, 0.5) is 5.82 Å². The molecule has 2 heterocycles. The van der Waals surface area contributed by atoms with Gasteiger partial charge >= 0.3 is 0 Å². The first-order chi connectivity index (χ1) is 10.6. The van der Waals surface area contributed by atoms with Crippen LogP contribution in [0.5, 0.6) is 0 Å². The Hall–Kier alpha value is -2.64. The van der Waals surface area contributed by atoms with Gasteiger partial charge in [-0.3, -0.25) is 0 Å². The first kappa shape index (κ1) is 14.3. The van der Waals surface area contributed by atoms with Crippen LogP contribution in [0.15, 0.2) is 42.5 Å². The van der Waals surface area contributed by atoms with Crippen molar-refractivity contribution in [2.24, 2.45) is 0 Å². The Morgan fingerprint density at radius 2 is 1.95 bits per heavy atom. The number of anilines is 1. The smallest absolute Gasteiger partial charge is 0.142 e. The monoisotopic (exact) mass is 305 g/mol. The average Bonchev–Trinajstić information content (AvgIpc) is 2.93. The molecule has 3 nitrogen and oxygen atoms in total. The summed E-state index contributed by atoms with van der Waals surface area (Å²) in [4.78, 5) is 6.65. The van der Waals surface area contributed by atoms with Gasteiger partial charge in [0.2, 0.25) is 0 Å². The van der Waals surface area contributed by atoms with Gasteiger partial charge in [-0.2, -0.15) is 5.26 Å². The Kier molecular flexibility index (Phi) is 3.66. The molecule has 0 unspecified atom stereocenters. The zero-order valence-corrected chi connectivity index (χ0v) is 13.2. The summed E-state index contributed by atoms with van der Waals surface area (Å²) in [5, 5.41) is 9.41. The molecule has 0 saturated heterocycles. The molecule has 0 aliphatic carbocycles. The number of rotatable bonds is 2. The first-order valence-corrected chi connectivity index (χ1v) is 7.74. The molecule has 0 atom stereocenters. The van der Waals surface area contributed by atoms with Crippen molar-refractivity contribution < 1.29 is 0 Å². The number of nitrogens with zero attached hydrogens (tertiary/aromatic N) is 2. The number of aryl methyl sites for hydroxylation is 2. The summed E-state index contributed by atoms with van der Waals surface area (Å²) in [5.74, 6) is 0.280. The van der Waals surface area contributed by atoms with E-state index in [0.29, 0.717) is 5.56 Å². The summed E-state index contributed by atoms with van der Waals surface area (Å²) in [6.07, 6.45) is 0. The van der Waals surface area contributed by atoms with E-state index in [1.165, 1.54) is 4.88 Å². The molecule has 0 aliphatic heterocycles. The lowest BCUT2D eigenvalue weighted by Gasteiger charge is -2.09. The molecule has 0 radical (unpaired) electrons. The lowest BCUT2D eigenvalue weighted by atomic mass is 10.0. The van der Waals surface area contributed by atoms with E-state index >= 15 is 0 Å². The minimum absolute atomic E-state index is 0.280. The van der Waals surface area contributed by atoms with Crippen LogP contribution in [0, 0.1) is 25.2 Å². The predicted octanol–water partition coefficient (Wildman–Crippen LogP) is 4.55. The largest absolute Gasteiger partial charge is 0.383 e. The maximum absolute atomic E-state index is 9.41. The number of benzene rings is 1. The van der Waals surface area contributed by atoms with Crippen molar-refractivity contribution in [1.82, 2.24) is 4.98 Å². The molecule has 0 amide bonds. The molecule has 0 spiro atoms. The van der Waals surface area contributed by atoms with Gasteiger partial charge < -0.3 is 5.73 Å². The van der Waals surface area contributed by atoms with Gasteiger partial charge in [0.25, 0.3) is 0 Å². The van der Waals surface area contributed by atoms with Crippen LogP contribution in [-0.2, 0) is 0 Å². The highest BCUT2D eigenvalue weighted by Crippen LogP contribution is 2.35. The fourth-order valence-electron chi connectivity index (χ4n) is 2.41. The number of pyridine rings is 1. The predicted molar refractivity (Wildman–Crippen MR) is 91.6 cm³/mol. The molecule has 4 heteroatoms. The Bertz CT molecular complexity index is 888. The Morgan fingerprint density at radius 3 is 2.59 bits per heavy atom. The second-order valence-corrected chi connectivity index (χ2v) is 6.49. The Morgan fingerprint density at radius 1 is 1.14 bits per heavy atom. The van der Waals surface area contributed by atoms with Crippen molar-refractivity contribution in [1.29, 1.82) is 5.26 Å². The number of hydrogen-bond donors (Lipinski definition) is 1. The van der Waals surface area contributed by atoms with Crippen molar-refractivity contribution in [2.75, 3.05) is 5.73 Å². The van der Waals surface area contributed by atoms with Crippen molar-refractivity contribution >= 4 is 17.2 Å². The number of thiophene rings is 1. The third-order valence-corrected chi connectivity index (χ3v) is 4.51. The highest BCUT2D eigenvalue weighted by atomic mass is 32.1. The maximum atomic E-state index is 9.41. The van der Waals surface area contributed by atoms with Crippen LogP contribution in [0.25, 0.3) is 21.7 Å². The van der Waals surface area contributed by atoms with Crippen LogP contribution in [0.3, 0.4) is 0 Å². The van der Waals surface area contributed by atoms with Gasteiger partial charge in [0.15, 0.2) is 0 Å². The van der Waals surface area contributed by atoms with Gasteiger partial charge in [0.1, 0.15) is 17.5 Å². The normalized spacial score (nSPS) is 10.4.